The first kappa shape index (κ1) is 16.1. The van der Waals surface area contributed by atoms with E-state index < -0.39 is 0 Å². The number of ether oxygens (including phenoxy) is 2. The summed E-state index contributed by atoms with van der Waals surface area (Å²) in [5.74, 6) is 1.26. The second-order valence-corrected chi connectivity index (χ2v) is 5.44. The molecule has 0 bridgehead atoms. The molecule has 3 heteroatoms. The number of carbonyl (C=O) groups is 1. The molecule has 2 rings (SSSR count). The van der Waals surface area contributed by atoms with Crippen LogP contribution in [0.4, 0.5) is 0 Å². The number of rotatable bonds is 6. The van der Waals surface area contributed by atoms with Crippen molar-refractivity contribution in [2.75, 3.05) is 0 Å². The Kier molecular flexibility index (Phi) is 5.59. The lowest BCUT2D eigenvalue weighted by Gasteiger charge is -2.11. The number of hydrogen-bond donors (Lipinski definition) is 0. The monoisotopic (exact) mass is 298 g/mol. The summed E-state index contributed by atoms with van der Waals surface area (Å²) in [6, 6.07) is 15.1. The number of esters is 1. The Labute approximate surface area is 131 Å². The molecule has 0 aliphatic carbocycles. The fraction of sp³-hybridized carbons (Fsp3) is 0.316. The molecule has 0 saturated heterocycles. The van der Waals surface area contributed by atoms with Gasteiger partial charge in [-0.25, -0.2) is 4.79 Å². The molecule has 0 unspecified atom stereocenters. The second kappa shape index (κ2) is 7.64. The van der Waals surface area contributed by atoms with Crippen molar-refractivity contribution >= 4 is 5.97 Å². The molecular formula is C19H22O3. The van der Waals surface area contributed by atoms with Crippen molar-refractivity contribution in [2.24, 2.45) is 0 Å². The van der Waals surface area contributed by atoms with Gasteiger partial charge in [0, 0.05) is 0 Å². The van der Waals surface area contributed by atoms with Crippen LogP contribution in [0.1, 0.15) is 43.1 Å². The van der Waals surface area contributed by atoms with Gasteiger partial charge in [0.1, 0.15) is 11.5 Å². The lowest BCUT2D eigenvalue weighted by Crippen LogP contribution is -2.11. The van der Waals surface area contributed by atoms with Crippen molar-refractivity contribution in [2.45, 2.75) is 39.7 Å². The molecule has 0 aromatic heterocycles. The summed E-state index contributed by atoms with van der Waals surface area (Å²) >= 11 is 0. The van der Waals surface area contributed by atoms with Gasteiger partial charge in [-0.2, -0.15) is 0 Å². The van der Waals surface area contributed by atoms with E-state index in [1.165, 1.54) is 5.56 Å². The van der Waals surface area contributed by atoms with Crippen LogP contribution in [0.15, 0.2) is 48.5 Å². The highest BCUT2D eigenvalue weighted by molar-refractivity contribution is 5.89. The first-order valence-corrected chi connectivity index (χ1v) is 7.67. The van der Waals surface area contributed by atoms with Crippen LogP contribution in [0.25, 0.3) is 0 Å². The van der Waals surface area contributed by atoms with Crippen LogP contribution in [0.3, 0.4) is 0 Å². The van der Waals surface area contributed by atoms with Gasteiger partial charge in [0.05, 0.1) is 11.7 Å². The van der Waals surface area contributed by atoms with E-state index in [4.69, 9.17) is 9.47 Å². The Morgan fingerprint density at radius 3 is 2.36 bits per heavy atom. The van der Waals surface area contributed by atoms with Gasteiger partial charge >= 0.3 is 5.97 Å². The van der Waals surface area contributed by atoms with E-state index in [1.807, 2.05) is 32.0 Å². The van der Waals surface area contributed by atoms with Crippen LogP contribution in [-0.4, -0.2) is 12.1 Å². The average molecular weight is 298 g/mol. The predicted molar refractivity (Wildman–Crippen MR) is 87.5 cm³/mol. The molecule has 0 spiro atoms. The standard InChI is InChI=1S/C19H22O3/c1-4-7-15-8-5-6-9-18(15)22-17-12-10-16(11-13-17)19(20)21-14(2)3/h5-6,8-14H,4,7H2,1-3H3. The normalized spacial score (nSPS) is 10.5. The number of para-hydroxylation sites is 1. The zero-order valence-corrected chi connectivity index (χ0v) is 13.3. The zero-order valence-electron chi connectivity index (χ0n) is 13.3. The Hall–Kier alpha value is -2.29. The van der Waals surface area contributed by atoms with Gasteiger partial charge in [0.15, 0.2) is 0 Å². The number of carbonyl (C=O) groups excluding carboxylic acids is 1. The third-order valence-corrected chi connectivity index (χ3v) is 3.15. The quantitative estimate of drug-likeness (QED) is 0.704. The van der Waals surface area contributed by atoms with Crippen LogP contribution in [-0.2, 0) is 11.2 Å². The van der Waals surface area contributed by atoms with Crippen LogP contribution < -0.4 is 4.74 Å². The van der Waals surface area contributed by atoms with Gasteiger partial charge in [0.2, 0.25) is 0 Å². The van der Waals surface area contributed by atoms with Gasteiger partial charge in [-0.15, -0.1) is 0 Å². The highest BCUT2D eigenvalue weighted by Crippen LogP contribution is 2.26. The van der Waals surface area contributed by atoms with Gasteiger partial charge in [-0.1, -0.05) is 31.5 Å². The molecule has 22 heavy (non-hydrogen) atoms. The minimum absolute atomic E-state index is 0.121. The molecule has 2 aromatic rings. The summed E-state index contributed by atoms with van der Waals surface area (Å²) < 4.78 is 11.1. The van der Waals surface area contributed by atoms with Crippen molar-refractivity contribution in [3.8, 4) is 11.5 Å². The third-order valence-electron chi connectivity index (χ3n) is 3.15. The van der Waals surface area contributed by atoms with E-state index in [0.717, 1.165) is 18.6 Å². The van der Waals surface area contributed by atoms with Crippen LogP contribution in [0.2, 0.25) is 0 Å². The van der Waals surface area contributed by atoms with Gasteiger partial charge < -0.3 is 9.47 Å². The van der Waals surface area contributed by atoms with E-state index in [1.54, 1.807) is 24.3 Å². The minimum Gasteiger partial charge on any atom is -0.459 e. The largest absolute Gasteiger partial charge is 0.459 e. The van der Waals surface area contributed by atoms with E-state index >= 15 is 0 Å². The van der Waals surface area contributed by atoms with Gasteiger partial charge in [0.25, 0.3) is 0 Å². The van der Waals surface area contributed by atoms with Crippen molar-refractivity contribution in [1.82, 2.24) is 0 Å². The molecule has 0 radical (unpaired) electrons. The Bertz CT molecular complexity index is 615. The van der Waals surface area contributed by atoms with Gasteiger partial charge in [-0.3, -0.25) is 0 Å². The summed E-state index contributed by atoms with van der Waals surface area (Å²) in [6.45, 7) is 5.81. The topological polar surface area (TPSA) is 35.5 Å². The van der Waals surface area contributed by atoms with Crippen LogP contribution in [0, 0.1) is 0 Å². The van der Waals surface area contributed by atoms with E-state index in [9.17, 15) is 4.79 Å². The van der Waals surface area contributed by atoms with Crippen molar-refractivity contribution in [3.63, 3.8) is 0 Å². The smallest absolute Gasteiger partial charge is 0.338 e. The average Bonchev–Trinajstić information content (AvgIpc) is 2.49. The highest BCUT2D eigenvalue weighted by atomic mass is 16.5. The van der Waals surface area contributed by atoms with E-state index in [2.05, 4.69) is 13.0 Å². The number of hydrogen-bond acceptors (Lipinski definition) is 3. The maximum atomic E-state index is 11.8. The summed E-state index contributed by atoms with van der Waals surface area (Å²) in [5.41, 5.74) is 1.72. The Balaban J connectivity index is 2.10. The molecule has 0 fully saturated rings. The molecule has 0 amide bonds. The number of aryl methyl sites for hydroxylation is 1. The molecule has 0 heterocycles. The zero-order chi connectivity index (χ0) is 15.9. The summed E-state index contributed by atoms with van der Waals surface area (Å²) in [4.78, 5) is 11.8. The van der Waals surface area contributed by atoms with Gasteiger partial charge in [-0.05, 0) is 56.2 Å². The van der Waals surface area contributed by atoms with E-state index in [-0.39, 0.29) is 12.1 Å². The minimum atomic E-state index is -0.312. The first-order chi connectivity index (χ1) is 10.6. The van der Waals surface area contributed by atoms with Crippen LogP contribution >= 0.6 is 0 Å². The fourth-order valence-electron chi connectivity index (χ4n) is 2.15. The molecular weight excluding hydrogens is 276 g/mol. The van der Waals surface area contributed by atoms with Crippen molar-refractivity contribution < 1.29 is 14.3 Å². The molecule has 3 nitrogen and oxygen atoms in total. The first-order valence-electron chi connectivity index (χ1n) is 7.67. The second-order valence-electron chi connectivity index (χ2n) is 5.44. The lowest BCUT2D eigenvalue weighted by molar-refractivity contribution is 0.0378. The highest BCUT2D eigenvalue weighted by Gasteiger charge is 2.09. The Morgan fingerprint density at radius 2 is 1.73 bits per heavy atom. The fourth-order valence-corrected chi connectivity index (χ4v) is 2.15. The lowest BCUT2D eigenvalue weighted by atomic mass is 10.1. The summed E-state index contributed by atoms with van der Waals surface area (Å²) in [7, 11) is 0. The summed E-state index contributed by atoms with van der Waals surface area (Å²) in [6.07, 6.45) is 1.93. The summed E-state index contributed by atoms with van der Waals surface area (Å²) in [5, 5.41) is 0. The maximum absolute atomic E-state index is 11.8. The molecule has 0 aliphatic rings. The predicted octanol–water partition coefficient (Wildman–Crippen LogP) is 5.00. The molecule has 0 aliphatic heterocycles. The van der Waals surface area contributed by atoms with E-state index in [0.29, 0.717) is 11.3 Å². The Morgan fingerprint density at radius 1 is 1.05 bits per heavy atom. The number of benzene rings is 2. The third kappa shape index (κ3) is 4.35. The van der Waals surface area contributed by atoms with Crippen LogP contribution in [0.5, 0.6) is 11.5 Å². The molecule has 2 aromatic carbocycles. The molecule has 0 saturated carbocycles. The van der Waals surface area contributed by atoms with Crippen molar-refractivity contribution in [1.29, 1.82) is 0 Å². The molecule has 116 valence electrons. The molecule has 0 N–H and O–H groups in total. The maximum Gasteiger partial charge on any atom is 0.338 e. The van der Waals surface area contributed by atoms with Crippen molar-refractivity contribution in [3.05, 3.63) is 59.7 Å². The SMILES string of the molecule is CCCc1ccccc1Oc1ccc(C(=O)OC(C)C)cc1. The molecule has 0 atom stereocenters.